The highest BCUT2D eigenvalue weighted by molar-refractivity contribution is 5.19. The lowest BCUT2D eigenvalue weighted by molar-refractivity contribution is 0.157. The van der Waals surface area contributed by atoms with Gasteiger partial charge in [0.25, 0.3) is 0 Å². The van der Waals surface area contributed by atoms with Crippen LogP contribution in [0, 0.1) is 0 Å². The van der Waals surface area contributed by atoms with Crippen molar-refractivity contribution < 1.29 is 0 Å². The van der Waals surface area contributed by atoms with Gasteiger partial charge in [-0.2, -0.15) is 0 Å². The van der Waals surface area contributed by atoms with Crippen molar-refractivity contribution >= 4 is 0 Å². The zero-order chi connectivity index (χ0) is 12.1. The first kappa shape index (κ1) is 12.6. The Kier molecular flexibility index (Phi) is 4.57. The summed E-state index contributed by atoms with van der Waals surface area (Å²) >= 11 is 0. The molecule has 1 N–H and O–H groups in total. The summed E-state index contributed by atoms with van der Waals surface area (Å²) in [7, 11) is 0. The highest BCUT2D eigenvalue weighted by Crippen LogP contribution is 2.25. The van der Waals surface area contributed by atoms with E-state index in [4.69, 9.17) is 0 Å². The van der Waals surface area contributed by atoms with Gasteiger partial charge in [0.2, 0.25) is 0 Å². The molecule has 2 unspecified atom stereocenters. The summed E-state index contributed by atoms with van der Waals surface area (Å²) in [5.41, 5.74) is 1.43. The first-order chi connectivity index (χ1) is 8.35. The van der Waals surface area contributed by atoms with E-state index in [1.54, 1.807) is 0 Å². The molecule has 1 aromatic rings. The smallest absolute Gasteiger partial charge is 0.0335 e. The van der Waals surface area contributed by atoms with Gasteiger partial charge in [-0.1, -0.05) is 44.2 Å². The fraction of sp³-hybridized carbons (Fsp3) is 0.600. The lowest BCUT2D eigenvalue weighted by Crippen LogP contribution is -2.44. The molecular weight excluding hydrogens is 208 g/mol. The van der Waals surface area contributed by atoms with Gasteiger partial charge in [0, 0.05) is 12.1 Å². The zero-order valence-electron chi connectivity index (χ0n) is 11.0. The van der Waals surface area contributed by atoms with Crippen LogP contribution in [0.2, 0.25) is 0 Å². The predicted octanol–water partition coefficient (Wildman–Crippen LogP) is 2.82. The van der Waals surface area contributed by atoms with Crippen molar-refractivity contribution in [2.24, 2.45) is 0 Å². The zero-order valence-corrected chi connectivity index (χ0v) is 11.0. The molecule has 2 nitrogen and oxygen atoms in total. The van der Waals surface area contributed by atoms with Gasteiger partial charge in [-0.05, 0) is 38.0 Å². The molecule has 0 spiro atoms. The third-order valence-electron chi connectivity index (χ3n) is 3.91. The van der Waals surface area contributed by atoms with E-state index in [9.17, 15) is 0 Å². The average molecular weight is 232 g/mol. The number of benzene rings is 1. The van der Waals surface area contributed by atoms with Gasteiger partial charge in [-0.25, -0.2) is 0 Å². The molecule has 0 bridgehead atoms. The van der Waals surface area contributed by atoms with Crippen LogP contribution >= 0.6 is 0 Å². The van der Waals surface area contributed by atoms with Crippen LogP contribution in [0.5, 0.6) is 0 Å². The molecule has 0 saturated carbocycles. The number of nitrogens with zero attached hydrogens (tertiary/aromatic N) is 1. The van der Waals surface area contributed by atoms with Crippen LogP contribution in [-0.4, -0.2) is 30.6 Å². The molecule has 0 aliphatic carbocycles. The Bertz CT molecular complexity index is 319. The number of rotatable bonds is 4. The van der Waals surface area contributed by atoms with Gasteiger partial charge < -0.3 is 10.2 Å². The number of nitrogens with one attached hydrogen (secondary N) is 1. The Morgan fingerprint density at radius 2 is 1.88 bits per heavy atom. The van der Waals surface area contributed by atoms with Crippen LogP contribution in [0.25, 0.3) is 0 Å². The van der Waals surface area contributed by atoms with Gasteiger partial charge in [0.05, 0.1) is 0 Å². The van der Waals surface area contributed by atoms with E-state index in [2.05, 4.69) is 54.4 Å². The van der Waals surface area contributed by atoms with Crippen molar-refractivity contribution in [3.8, 4) is 0 Å². The van der Waals surface area contributed by atoms with Gasteiger partial charge >= 0.3 is 0 Å². The molecular formula is C15H24N2. The molecule has 1 fully saturated rings. The summed E-state index contributed by atoms with van der Waals surface area (Å²) in [6.07, 6.45) is 2.52. The van der Waals surface area contributed by atoms with Crippen molar-refractivity contribution in [2.75, 3.05) is 19.6 Å². The van der Waals surface area contributed by atoms with Gasteiger partial charge in [0.15, 0.2) is 0 Å². The monoisotopic (exact) mass is 232 g/mol. The molecule has 2 rings (SSSR count). The SMILES string of the molecule is CCN(CC)C1CCNC(c2ccccc2)C1. The maximum atomic E-state index is 3.64. The first-order valence-corrected chi connectivity index (χ1v) is 6.87. The average Bonchev–Trinajstić information content (AvgIpc) is 2.42. The molecule has 0 amide bonds. The van der Waals surface area contributed by atoms with E-state index in [1.165, 1.54) is 31.5 Å². The molecule has 0 radical (unpaired) electrons. The Morgan fingerprint density at radius 3 is 2.53 bits per heavy atom. The maximum Gasteiger partial charge on any atom is 0.0335 e. The Labute approximate surface area is 105 Å². The maximum absolute atomic E-state index is 3.64. The van der Waals surface area contributed by atoms with E-state index in [0.29, 0.717) is 6.04 Å². The summed E-state index contributed by atoms with van der Waals surface area (Å²) in [6, 6.07) is 12.1. The second-order valence-electron chi connectivity index (χ2n) is 4.82. The lowest BCUT2D eigenvalue weighted by Gasteiger charge is -2.37. The molecule has 1 aromatic carbocycles. The summed E-state index contributed by atoms with van der Waals surface area (Å²) in [6.45, 7) is 8.01. The van der Waals surface area contributed by atoms with E-state index in [0.717, 1.165) is 12.6 Å². The molecule has 1 saturated heterocycles. The minimum atomic E-state index is 0.538. The minimum Gasteiger partial charge on any atom is -0.310 e. The van der Waals surface area contributed by atoms with Crippen molar-refractivity contribution in [3.63, 3.8) is 0 Å². The quantitative estimate of drug-likeness (QED) is 0.858. The van der Waals surface area contributed by atoms with E-state index >= 15 is 0 Å². The van der Waals surface area contributed by atoms with Crippen molar-refractivity contribution in [3.05, 3.63) is 35.9 Å². The number of piperidine rings is 1. The van der Waals surface area contributed by atoms with E-state index in [1.807, 2.05) is 0 Å². The Balaban J connectivity index is 2.02. The molecule has 2 atom stereocenters. The largest absolute Gasteiger partial charge is 0.310 e. The summed E-state index contributed by atoms with van der Waals surface area (Å²) < 4.78 is 0. The van der Waals surface area contributed by atoms with Gasteiger partial charge in [-0.15, -0.1) is 0 Å². The molecule has 2 heteroatoms. The van der Waals surface area contributed by atoms with Crippen LogP contribution in [0.15, 0.2) is 30.3 Å². The summed E-state index contributed by atoms with van der Waals surface area (Å²) in [5.74, 6) is 0. The lowest BCUT2D eigenvalue weighted by atomic mass is 9.93. The van der Waals surface area contributed by atoms with Crippen molar-refractivity contribution in [1.29, 1.82) is 0 Å². The van der Waals surface area contributed by atoms with Crippen molar-refractivity contribution in [1.82, 2.24) is 10.2 Å². The molecule has 1 aliphatic heterocycles. The second-order valence-corrected chi connectivity index (χ2v) is 4.82. The molecule has 0 aromatic heterocycles. The fourth-order valence-electron chi connectivity index (χ4n) is 2.91. The van der Waals surface area contributed by atoms with Crippen LogP contribution in [0.1, 0.15) is 38.3 Å². The number of hydrogen-bond acceptors (Lipinski definition) is 2. The topological polar surface area (TPSA) is 15.3 Å². The molecule has 1 aliphatic rings. The summed E-state index contributed by atoms with van der Waals surface area (Å²) in [5, 5.41) is 3.64. The van der Waals surface area contributed by atoms with Crippen LogP contribution < -0.4 is 5.32 Å². The standard InChI is InChI=1S/C15H24N2/c1-3-17(4-2)14-10-11-16-15(12-14)13-8-6-5-7-9-13/h5-9,14-16H,3-4,10-12H2,1-2H3. The third-order valence-corrected chi connectivity index (χ3v) is 3.91. The Morgan fingerprint density at radius 1 is 1.18 bits per heavy atom. The number of hydrogen-bond donors (Lipinski definition) is 1. The van der Waals surface area contributed by atoms with Gasteiger partial charge in [0.1, 0.15) is 0 Å². The van der Waals surface area contributed by atoms with Crippen LogP contribution in [0.4, 0.5) is 0 Å². The minimum absolute atomic E-state index is 0.538. The normalized spacial score (nSPS) is 25.1. The molecule has 17 heavy (non-hydrogen) atoms. The molecule has 1 heterocycles. The van der Waals surface area contributed by atoms with E-state index < -0.39 is 0 Å². The predicted molar refractivity (Wildman–Crippen MR) is 73.1 cm³/mol. The van der Waals surface area contributed by atoms with E-state index in [-0.39, 0.29) is 0 Å². The van der Waals surface area contributed by atoms with Crippen LogP contribution in [-0.2, 0) is 0 Å². The molecule has 94 valence electrons. The highest BCUT2D eigenvalue weighted by atomic mass is 15.2. The highest BCUT2D eigenvalue weighted by Gasteiger charge is 2.25. The van der Waals surface area contributed by atoms with Crippen LogP contribution in [0.3, 0.4) is 0 Å². The van der Waals surface area contributed by atoms with Crippen molar-refractivity contribution in [2.45, 2.75) is 38.8 Å². The Hall–Kier alpha value is -0.860. The first-order valence-electron chi connectivity index (χ1n) is 6.87. The fourth-order valence-corrected chi connectivity index (χ4v) is 2.91. The second kappa shape index (κ2) is 6.18. The third kappa shape index (κ3) is 3.08. The van der Waals surface area contributed by atoms with Gasteiger partial charge in [-0.3, -0.25) is 0 Å². The summed E-state index contributed by atoms with van der Waals surface area (Å²) in [4.78, 5) is 2.59.